The fourth-order valence-electron chi connectivity index (χ4n) is 1.92. The van der Waals surface area contributed by atoms with Gasteiger partial charge in [-0.25, -0.2) is 10.0 Å². The monoisotopic (exact) mass is 249 g/mol. The summed E-state index contributed by atoms with van der Waals surface area (Å²) in [6, 6.07) is 5.42. The van der Waals surface area contributed by atoms with Crippen molar-refractivity contribution in [1.82, 2.24) is 5.01 Å². The lowest BCUT2D eigenvalue weighted by atomic mass is 10.1. The highest BCUT2D eigenvalue weighted by Gasteiger charge is 2.29. The first-order chi connectivity index (χ1) is 8.72. The summed E-state index contributed by atoms with van der Waals surface area (Å²) in [5, 5.41) is 20.1. The van der Waals surface area contributed by atoms with Crippen molar-refractivity contribution in [2.24, 2.45) is 16.2 Å². The number of aliphatic hydroxyl groups is 1. The summed E-state index contributed by atoms with van der Waals surface area (Å²) in [6.45, 7) is 0.153. The molecule has 7 nitrogen and oxygen atoms in total. The molecule has 1 heterocycles. The second-order valence-electron chi connectivity index (χ2n) is 3.92. The van der Waals surface area contributed by atoms with Gasteiger partial charge in [-0.2, -0.15) is 0 Å². The molecule has 0 amide bonds. The molecule has 1 unspecified atom stereocenters. The standard InChI is InChI=1S/C11H15N5O2/c1-15-11(7-18)16(14-13-15)10-4-2-3-8(5-12)9(10)6-17/h2-4,7,11,17H,5-6,12H2,1H3. The minimum Gasteiger partial charge on any atom is -0.392 e. The van der Waals surface area contributed by atoms with Crippen molar-refractivity contribution in [3.63, 3.8) is 0 Å². The Morgan fingerprint density at radius 3 is 2.89 bits per heavy atom. The van der Waals surface area contributed by atoms with E-state index in [9.17, 15) is 9.90 Å². The number of likely N-dealkylation sites (N-methyl/N-ethyl adjacent to an activating group) is 1. The molecule has 0 spiro atoms. The number of nitrogens with zero attached hydrogens (tertiary/aromatic N) is 4. The minimum atomic E-state index is -0.594. The molecule has 1 atom stereocenters. The van der Waals surface area contributed by atoms with Crippen LogP contribution in [0, 0.1) is 0 Å². The van der Waals surface area contributed by atoms with Gasteiger partial charge >= 0.3 is 0 Å². The Morgan fingerprint density at radius 2 is 2.28 bits per heavy atom. The third kappa shape index (κ3) is 1.93. The van der Waals surface area contributed by atoms with E-state index in [2.05, 4.69) is 10.4 Å². The Morgan fingerprint density at radius 1 is 1.50 bits per heavy atom. The van der Waals surface area contributed by atoms with Crippen LogP contribution in [0.3, 0.4) is 0 Å². The molecule has 0 aliphatic carbocycles. The van der Waals surface area contributed by atoms with E-state index < -0.39 is 6.17 Å². The fraction of sp³-hybridized carbons (Fsp3) is 0.364. The third-order valence-electron chi connectivity index (χ3n) is 2.91. The molecule has 0 saturated carbocycles. The topological polar surface area (TPSA) is 94.5 Å². The van der Waals surface area contributed by atoms with Gasteiger partial charge < -0.3 is 10.8 Å². The Balaban J connectivity index is 2.45. The number of carbonyl (C=O) groups excluding carboxylic acids is 1. The summed E-state index contributed by atoms with van der Waals surface area (Å²) in [5.74, 6) is 0. The number of anilines is 1. The van der Waals surface area contributed by atoms with Crippen molar-refractivity contribution in [3.8, 4) is 0 Å². The van der Waals surface area contributed by atoms with Crippen molar-refractivity contribution < 1.29 is 9.90 Å². The van der Waals surface area contributed by atoms with Gasteiger partial charge in [0, 0.05) is 19.2 Å². The van der Waals surface area contributed by atoms with E-state index in [-0.39, 0.29) is 6.61 Å². The minimum absolute atomic E-state index is 0.163. The number of benzene rings is 1. The van der Waals surface area contributed by atoms with Gasteiger partial charge in [0.2, 0.25) is 0 Å². The van der Waals surface area contributed by atoms with Crippen LogP contribution in [0.1, 0.15) is 11.1 Å². The summed E-state index contributed by atoms with van der Waals surface area (Å²) in [4.78, 5) is 11.1. The molecular weight excluding hydrogens is 234 g/mol. The van der Waals surface area contributed by atoms with Crippen LogP contribution in [0.4, 0.5) is 5.69 Å². The average Bonchev–Trinajstić information content (AvgIpc) is 2.78. The van der Waals surface area contributed by atoms with Gasteiger partial charge in [0.1, 0.15) is 0 Å². The van der Waals surface area contributed by atoms with Gasteiger partial charge in [-0.05, 0) is 16.9 Å². The zero-order chi connectivity index (χ0) is 13.1. The number of aliphatic hydroxyl groups excluding tert-OH is 1. The molecule has 1 aromatic carbocycles. The van der Waals surface area contributed by atoms with Crippen LogP contribution in [-0.4, -0.2) is 29.6 Å². The van der Waals surface area contributed by atoms with Gasteiger partial charge in [-0.3, -0.25) is 4.79 Å². The average molecular weight is 249 g/mol. The van der Waals surface area contributed by atoms with E-state index in [0.29, 0.717) is 17.8 Å². The second kappa shape index (κ2) is 5.11. The zero-order valence-electron chi connectivity index (χ0n) is 10.0. The largest absolute Gasteiger partial charge is 0.392 e. The van der Waals surface area contributed by atoms with Crippen molar-refractivity contribution in [1.29, 1.82) is 0 Å². The molecule has 7 heteroatoms. The lowest BCUT2D eigenvalue weighted by molar-refractivity contribution is -0.111. The van der Waals surface area contributed by atoms with E-state index in [1.165, 1.54) is 10.0 Å². The SMILES string of the molecule is CN1N=NN(c2cccc(CN)c2CO)C1C=O. The summed E-state index contributed by atoms with van der Waals surface area (Å²) in [6.07, 6.45) is 0.152. The maximum Gasteiger partial charge on any atom is 0.197 e. The van der Waals surface area contributed by atoms with Gasteiger partial charge in [0.15, 0.2) is 12.5 Å². The maximum atomic E-state index is 11.1. The molecule has 0 aromatic heterocycles. The first-order valence-electron chi connectivity index (χ1n) is 5.53. The van der Waals surface area contributed by atoms with E-state index in [1.54, 1.807) is 13.1 Å². The van der Waals surface area contributed by atoms with Crippen LogP contribution in [0.15, 0.2) is 28.6 Å². The van der Waals surface area contributed by atoms with Crippen molar-refractivity contribution in [3.05, 3.63) is 29.3 Å². The molecule has 96 valence electrons. The first kappa shape index (κ1) is 12.5. The number of carbonyl (C=O) groups is 1. The zero-order valence-corrected chi connectivity index (χ0v) is 10.0. The molecule has 0 fully saturated rings. The lowest BCUT2D eigenvalue weighted by Crippen LogP contribution is -2.38. The van der Waals surface area contributed by atoms with Gasteiger partial charge in [0.25, 0.3) is 0 Å². The Hall–Kier alpha value is -1.99. The second-order valence-corrected chi connectivity index (χ2v) is 3.92. The smallest absolute Gasteiger partial charge is 0.197 e. The molecule has 1 aromatic rings. The van der Waals surface area contributed by atoms with Crippen LogP contribution in [-0.2, 0) is 17.9 Å². The van der Waals surface area contributed by atoms with Gasteiger partial charge in [-0.1, -0.05) is 17.4 Å². The van der Waals surface area contributed by atoms with E-state index in [4.69, 9.17) is 5.73 Å². The number of hydrogen-bond donors (Lipinski definition) is 2. The number of rotatable bonds is 4. The van der Waals surface area contributed by atoms with Crippen molar-refractivity contribution in [2.45, 2.75) is 19.3 Å². The Bertz CT molecular complexity index is 477. The highest BCUT2D eigenvalue weighted by Crippen LogP contribution is 2.29. The molecule has 3 N–H and O–H groups in total. The molecular formula is C11H15N5O2. The normalized spacial score (nSPS) is 18.5. The summed E-state index contributed by atoms with van der Waals surface area (Å²) in [7, 11) is 1.66. The summed E-state index contributed by atoms with van der Waals surface area (Å²) < 4.78 is 0. The maximum absolute atomic E-state index is 11.1. The molecule has 18 heavy (non-hydrogen) atoms. The van der Waals surface area contributed by atoms with E-state index in [0.717, 1.165) is 11.8 Å². The molecule has 2 rings (SSSR count). The van der Waals surface area contributed by atoms with Crippen molar-refractivity contribution >= 4 is 12.0 Å². The van der Waals surface area contributed by atoms with Crippen molar-refractivity contribution in [2.75, 3.05) is 12.1 Å². The third-order valence-corrected chi connectivity index (χ3v) is 2.91. The van der Waals surface area contributed by atoms with Gasteiger partial charge in [-0.15, -0.1) is 0 Å². The van der Waals surface area contributed by atoms with Crippen LogP contribution in [0.25, 0.3) is 0 Å². The fourth-order valence-corrected chi connectivity index (χ4v) is 1.92. The number of nitrogens with two attached hydrogens (primary N) is 1. The number of hydrogen-bond acceptors (Lipinski definition) is 7. The molecule has 0 radical (unpaired) electrons. The summed E-state index contributed by atoms with van der Waals surface area (Å²) in [5.41, 5.74) is 7.76. The van der Waals surface area contributed by atoms with Gasteiger partial charge in [0.05, 0.1) is 12.3 Å². The first-order valence-corrected chi connectivity index (χ1v) is 5.53. The predicted octanol–water partition coefficient (Wildman–Crippen LogP) is 0.197. The van der Waals surface area contributed by atoms with Crippen LogP contribution < -0.4 is 10.7 Å². The Labute approximate surface area is 104 Å². The Kier molecular flexibility index (Phi) is 3.54. The highest BCUT2D eigenvalue weighted by atomic mass is 16.3. The molecule has 0 saturated heterocycles. The number of aldehydes is 1. The summed E-state index contributed by atoms with van der Waals surface area (Å²) >= 11 is 0. The van der Waals surface area contributed by atoms with Crippen LogP contribution in [0.2, 0.25) is 0 Å². The highest BCUT2D eigenvalue weighted by molar-refractivity contribution is 5.68. The van der Waals surface area contributed by atoms with Crippen LogP contribution in [0.5, 0.6) is 0 Å². The lowest BCUT2D eigenvalue weighted by Gasteiger charge is -2.23. The molecule has 1 aliphatic rings. The van der Waals surface area contributed by atoms with Crippen LogP contribution >= 0.6 is 0 Å². The molecule has 0 bridgehead atoms. The van der Waals surface area contributed by atoms with E-state index in [1.807, 2.05) is 12.1 Å². The predicted molar refractivity (Wildman–Crippen MR) is 65.2 cm³/mol. The van der Waals surface area contributed by atoms with E-state index >= 15 is 0 Å². The quantitative estimate of drug-likeness (QED) is 0.743. The molecule has 1 aliphatic heterocycles.